The van der Waals surface area contributed by atoms with E-state index in [2.05, 4.69) is 19.2 Å². The Bertz CT molecular complexity index is 368. The minimum atomic E-state index is 0.658. The number of hydrogen-bond acceptors (Lipinski definition) is 1. The van der Waals surface area contributed by atoms with Crippen molar-refractivity contribution in [1.29, 1.82) is 0 Å². The zero-order valence-electron chi connectivity index (χ0n) is 14.2. The molecule has 4 rings (SSSR count). The van der Waals surface area contributed by atoms with Gasteiger partial charge < -0.3 is 5.32 Å². The summed E-state index contributed by atoms with van der Waals surface area (Å²) in [7, 11) is 0. The van der Waals surface area contributed by atoms with Crippen LogP contribution in [0.4, 0.5) is 0 Å². The molecule has 1 nitrogen and oxygen atoms in total. The van der Waals surface area contributed by atoms with Crippen molar-refractivity contribution in [3.05, 3.63) is 0 Å². The first-order chi connectivity index (χ1) is 10.2. The normalized spacial score (nSPS) is 43.9. The minimum Gasteiger partial charge on any atom is -0.313 e. The minimum absolute atomic E-state index is 0.658. The first-order valence-corrected chi connectivity index (χ1v) is 9.90. The molecule has 4 fully saturated rings. The predicted octanol–water partition coefficient (Wildman–Crippen LogP) is 5.01. The molecule has 1 heteroatoms. The van der Waals surface area contributed by atoms with Gasteiger partial charge in [-0.1, -0.05) is 33.1 Å². The molecule has 0 heterocycles. The van der Waals surface area contributed by atoms with Crippen LogP contribution in [0.1, 0.15) is 78.1 Å². The highest BCUT2D eigenvalue weighted by Crippen LogP contribution is 2.58. The van der Waals surface area contributed by atoms with Crippen LogP contribution in [-0.4, -0.2) is 12.6 Å². The monoisotopic (exact) mass is 289 g/mol. The molecule has 21 heavy (non-hydrogen) atoms. The topological polar surface area (TPSA) is 12.0 Å². The zero-order valence-corrected chi connectivity index (χ0v) is 14.2. The third kappa shape index (κ3) is 2.58. The van der Waals surface area contributed by atoms with Gasteiger partial charge in [-0.25, -0.2) is 0 Å². The van der Waals surface area contributed by atoms with E-state index in [4.69, 9.17) is 0 Å². The van der Waals surface area contributed by atoms with E-state index in [1.165, 1.54) is 51.5 Å². The first-order valence-electron chi connectivity index (χ1n) is 9.90. The molecule has 0 aromatic rings. The van der Waals surface area contributed by atoms with Crippen LogP contribution in [0.5, 0.6) is 0 Å². The smallest absolute Gasteiger partial charge is 0.0101 e. The summed E-state index contributed by atoms with van der Waals surface area (Å²) in [6.07, 6.45) is 15.1. The molecule has 0 spiro atoms. The average Bonchev–Trinajstić information content (AvgIpc) is 3.18. The third-order valence-corrected chi connectivity index (χ3v) is 7.67. The van der Waals surface area contributed by atoms with Gasteiger partial charge in [0.25, 0.3) is 0 Å². The van der Waals surface area contributed by atoms with Gasteiger partial charge in [0.2, 0.25) is 0 Å². The van der Waals surface area contributed by atoms with Crippen LogP contribution < -0.4 is 5.32 Å². The van der Waals surface area contributed by atoms with Gasteiger partial charge >= 0.3 is 0 Å². The molecular formula is C20H35N. The van der Waals surface area contributed by atoms with Crippen LogP contribution >= 0.6 is 0 Å². The van der Waals surface area contributed by atoms with Crippen LogP contribution in [0.3, 0.4) is 0 Å². The molecular weight excluding hydrogens is 254 g/mol. The van der Waals surface area contributed by atoms with Gasteiger partial charge in [0.1, 0.15) is 0 Å². The summed E-state index contributed by atoms with van der Waals surface area (Å²) in [5, 5.41) is 4.11. The molecule has 0 aromatic carbocycles. The van der Waals surface area contributed by atoms with Crippen molar-refractivity contribution in [3.8, 4) is 0 Å². The largest absolute Gasteiger partial charge is 0.313 e. The van der Waals surface area contributed by atoms with Crippen molar-refractivity contribution in [2.75, 3.05) is 6.54 Å². The second-order valence-corrected chi connectivity index (χ2v) is 9.45. The third-order valence-electron chi connectivity index (χ3n) is 7.67. The summed E-state index contributed by atoms with van der Waals surface area (Å²) >= 11 is 0. The molecule has 2 bridgehead atoms. The number of nitrogens with one attached hydrogen (secondary N) is 1. The van der Waals surface area contributed by atoms with Crippen LogP contribution in [0, 0.1) is 35.0 Å². The summed E-state index contributed by atoms with van der Waals surface area (Å²) < 4.78 is 0. The molecule has 5 unspecified atom stereocenters. The molecule has 0 amide bonds. The van der Waals surface area contributed by atoms with Crippen molar-refractivity contribution in [2.45, 2.75) is 84.1 Å². The SMILES string of the molecule is CC(C)CC1(CNC2CC3CC2C2CCCC32)CCCC1. The highest BCUT2D eigenvalue weighted by Gasteiger charge is 2.53. The van der Waals surface area contributed by atoms with Gasteiger partial charge in [-0.05, 0) is 80.0 Å². The Kier molecular flexibility index (Phi) is 3.84. The van der Waals surface area contributed by atoms with Crippen molar-refractivity contribution in [1.82, 2.24) is 5.32 Å². The van der Waals surface area contributed by atoms with Gasteiger partial charge in [-0.15, -0.1) is 0 Å². The Morgan fingerprint density at radius 2 is 1.71 bits per heavy atom. The molecule has 0 aliphatic heterocycles. The lowest BCUT2D eigenvalue weighted by Crippen LogP contribution is -2.44. The summed E-state index contributed by atoms with van der Waals surface area (Å²) in [6.45, 7) is 6.16. The molecule has 4 aliphatic carbocycles. The van der Waals surface area contributed by atoms with E-state index in [0.717, 1.165) is 35.6 Å². The summed E-state index contributed by atoms with van der Waals surface area (Å²) in [4.78, 5) is 0. The number of hydrogen-bond donors (Lipinski definition) is 1. The lowest BCUT2D eigenvalue weighted by molar-refractivity contribution is 0.168. The van der Waals surface area contributed by atoms with E-state index in [9.17, 15) is 0 Å². The zero-order chi connectivity index (χ0) is 14.4. The molecule has 0 radical (unpaired) electrons. The second-order valence-electron chi connectivity index (χ2n) is 9.45. The highest BCUT2D eigenvalue weighted by atomic mass is 15.0. The van der Waals surface area contributed by atoms with Crippen LogP contribution in [0.25, 0.3) is 0 Å². The Balaban J connectivity index is 1.36. The molecule has 0 saturated heterocycles. The summed E-state index contributed by atoms with van der Waals surface area (Å²) in [5.74, 6) is 5.28. The molecule has 4 aliphatic rings. The predicted molar refractivity (Wildman–Crippen MR) is 89.2 cm³/mol. The van der Waals surface area contributed by atoms with Crippen LogP contribution in [0.2, 0.25) is 0 Å². The summed E-state index contributed by atoms with van der Waals surface area (Å²) in [5.41, 5.74) is 0.658. The lowest BCUT2D eigenvalue weighted by Gasteiger charge is -2.37. The first kappa shape index (κ1) is 14.5. The molecule has 5 atom stereocenters. The summed E-state index contributed by atoms with van der Waals surface area (Å²) in [6, 6.07) is 0.888. The maximum Gasteiger partial charge on any atom is 0.0101 e. The van der Waals surface area contributed by atoms with Gasteiger partial charge in [0, 0.05) is 12.6 Å². The number of fused-ring (bicyclic) bond motifs is 5. The fourth-order valence-electron chi connectivity index (χ4n) is 7.09. The fraction of sp³-hybridized carbons (Fsp3) is 1.00. The van der Waals surface area contributed by atoms with E-state index < -0.39 is 0 Å². The van der Waals surface area contributed by atoms with Crippen LogP contribution in [-0.2, 0) is 0 Å². The van der Waals surface area contributed by atoms with Crippen molar-refractivity contribution >= 4 is 0 Å². The van der Waals surface area contributed by atoms with Crippen LogP contribution in [0.15, 0.2) is 0 Å². The molecule has 0 aromatic heterocycles. The quantitative estimate of drug-likeness (QED) is 0.750. The van der Waals surface area contributed by atoms with Crippen molar-refractivity contribution < 1.29 is 0 Å². The van der Waals surface area contributed by atoms with E-state index in [1.807, 2.05) is 0 Å². The Hall–Kier alpha value is -0.0400. The van der Waals surface area contributed by atoms with E-state index in [-0.39, 0.29) is 0 Å². The standard InChI is InChI=1S/C20H35N/c1-14(2)12-20(8-3-4-9-20)13-21-19-11-15-10-18(19)17-7-5-6-16(15)17/h14-19,21H,3-13H2,1-2H3. The second kappa shape index (κ2) is 5.55. The van der Waals surface area contributed by atoms with Gasteiger partial charge in [-0.2, -0.15) is 0 Å². The molecule has 4 saturated carbocycles. The van der Waals surface area contributed by atoms with Crippen molar-refractivity contribution in [3.63, 3.8) is 0 Å². The Labute approximate surface area is 131 Å². The maximum absolute atomic E-state index is 4.11. The molecule has 120 valence electrons. The van der Waals surface area contributed by atoms with Gasteiger partial charge in [-0.3, -0.25) is 0 Å². The van der Waals surface area contributed by atoms with Gasteiger partial charge in [0.15, 0.2) is 0 Å². The number of rotatable bonds is 5. The highest BCUT2D eigenvalue weighted by molar-refractivity contribution is 5.06. The molecule has 1 N–H and O–H groups in total. The fourth-order valence-corrected chi connectivity index (χ4v) is 7.09. The Morgan fingerprint density at radius 1 is 0.952 bits per heavy atom. The van der Waals surface area contributed by atoms with E-state index in [0.29, 0.717) is 5.41 Å². The van der Waals surface area contributed by atoms with E-state index in [1.54, 1.807) is 19.3 Å². The van der Waals surface area contributed by atoms with Crippen molar-refractivity contribution in [2.24, 2.45) is 35.0 Å². The Morgan fingerprint density at radius 3 is 2.48 bits per heavy atom. The maximum atomic E-state index is 4.11. The van der Waals surface area contributed by atoms with Gasteiger partial charge in [0.05, 0.1) is 0 Å². The average molecular weight is 290 g/mol. The lowest BCUT2D eigenvalue weighted by atomic mass is 9.76. The van der Waals surface area contributed by atoms with E-state index >= 15 is 0 Å².